The molecule has 166 valence electrons. The van der Waals surface area contributed by atoms with E-state index in [-0.39, 0.29) is 11.6 Å². The number of rotatable bonds is 15. The van der Waals surface area contributed by atoms with Gasteiger partial charge in [-0.3, -0.25) is 4.79 Å². The molecule has 0 bridgehead atoms. The van der Waals surface area contributed by atoms with Crippen molar-refractivity contribution in [2.75, 3.05) is 6.61 Å². The van der Waals surface area contributed by atoms with Crippen LogP contribution in [0.25, 0.3) is 0 Å². The van der Waals surface area contributed by atoms with E-state index < -0.39 is 0 Å². The second-order valence-electron chi connectivity index (χ2n) is 9.18. The van der Waals surface area contributed by atoms with Crippen molar-refractivity contribution in [2.45, 2.75) is 111 Å². The highest BCUT2D eigenvalue weighted by Gasteiger charge is 2.16. The van der Waals surface area contributed by atoms with E-state index in [1.54, 1.807) is 0 Å². The van der Waals surface area contributed by atoms with Crippen molar-refractivity contribution in [3.63, 3.8) is 0 Å². The third kappa shape index (κ3) is 13.4. The van der Waals surface area contributed by atoms with Crippen molar-refractivity contribution in [2.24, 2.45) is 5.92 Å². The fraction of sp³-hybridized carbons (Fsp3) is 0.731. The molecule has 0 aliphatic carbocycles. The van der Waals surface area contributed by atoms with Crippen LogP contribution in [0, 0.1) is 5.92 Å². The number of ether oxygens (including phenoxy) is 2. The summed E-state index contributed by atoms with van der Waals surface area (Å²) >= 11 is 0. The molecule has 0 amide bonds. The standard InChI is InChI=1S/C26H44O3/c1-6-8-9-10-11-14-22(15-12-13-16-25(27)29-26(3,4)5)21-23-17-19-24(20-18-23)28-7-2/h17-20,22H,6-16,21H2,1-5H3. The Morgan fingerprint density at radius 2 is 1.52 bits per heavy atom. The zero-order chi connectivity index (χ0) is 21.5. The predicted molar refractivity (Wildman–Crippen MR) is 122 cm³/mol. The number of benzene rings is 1. The molecular formula is C26H44O3. The van der Waals surface area contributed by atoms with Gasteiger partial charge in [-0.25, -0.2) is 0 Å². The Labute approximate surface area is 179 Å². The SMILES string of the molecule is CCCCCCCC(CCCCC(=O)OC(C)(C)C)Cc1ccc(OCC)cc1. The molecule has 0 saturated heterocycles. The van der Waals surface area contributed by atoms with Gasteiger partial charge < -0.3 is 9.47 Å². The van der Waals surface area contributed by atoms with Crippen LogP contribution in [0.4, 0.5) is 0 Å². The quantitative estimate of drug-likeness (QED) is 0.224. The van der Waals surface area contributed by atoms with E-state index in [4.69, 9.17) is 9.47 Å². The Kier molecular flexibility index (Phi) is 12.7. The molecule has 1 unspecified atom stereocenters. The van der Waals surface area contributed by atoms with Crippen LogP contribution >= 0.6 is 0 Å². The smallest absolute Gasteiger partial charge is 0.306 e. The third-order valence-corrected chi connectivity index (χ3v) is 5.14. The van der Waals surface area contributed by atoms with Gasteiger partial charge >= 0.3 is 5.97 Å². The Morgan fingerprint density at radius 1 is 0.897 bits per heavy atom. The minimum atomic E-state index is -0.383. The van der Waals surface area contributed by atoms with E-state index in [0.29, 0.717) is 18.9 Å². The minimum Gasteiger partial charge on any atom is -0.494 e. The van der Waals surface area contributed by atoms with Crippen LogP contribution in [-0.4, -0.2) is 18.2 Å². The Morgan fingerprint density at radius 3 is 2.10 bits per heavy atom. The Hall–Kier alpha value is -1.51. The summed E-state index contributed by atoms with van der Waals surface area (Å²) in [4.78, 5) is 11.9. The number of hydrogen-bond donors (Lipinski definition) is 0. The van der Waals surface area contributed by atoms with Gasteiger partial charge in [-0.1, -0.05) is 70.4 Å². The molecule has 3 nitrogen and oxygen atoms in total. The van der Waals surface area contributed by atoms with Crippen LogP contribution < -0.4 is 4.74 Å². The largest absolute Gasteiger partial charge is 0.494 e. The third-order valence-electron chi connectivity index (χ3n) is 5.14. The fourth-order valence-corrected chi connectivity index (χ4v) is 3.70. The number of hydrogen-bond acceptors (Lipinski definition) is 3. The van der Waals surface area contributed by atoms with Gasteiger partial charge in [-0.15, -0.1) is 0 Å². The van der Waals surface area contributed by atoms with Crippen LogP contribution in [0.3, 0.4) is 0 Å². The van der Waals surface area contributed by atoms with Gasteiger partial charge in [0.25, 0.3) is 0 Å². The summed E-state index contributed by atoms with van der Waals surface area (Å²) in [6.45, 7) is 10.8. The first kappa shape index (κ1) is 25.5. The average Bonchev–Trinajstić information content (AvgIpc) is 2.65. The van der Waals surface area contributed by atoms with Crippen molar-refractivity contribution in [3.05, 3.63) is 29.8 Å². The maximum atomic E-state index is 11.9. The topological polar surface area (TPSA) is 35.5 Å². The molecule has 0 aliphatic heterocycles. The summed E-state index contributed by atoms with van der Waals surface area (Å²) in [6, 6.07) is 8.57. The lowest BCUT2D eigenvalue weighted by atomic mass is 9.89. The van der Waals surface area contributed by atoms with Gasteiger partial charge in [0.15, 0.2) is 0 Å². The number of esters is 1. The molecule has 0 fully saturated rings. The monoisotopic (exact) mass is 404 g/mol. The molecule has 0 heterocycles. The van der Waals surface area contributed by atoms with Gasteiger partial charge in [-0.05, 0) is 64.2 Å². The van der Waals surface area contributed by atoms with Gasteiger partial charge in [-0.2, -0.15) is 0 Å². The van der Waals surface area contributed by atoms with Crippen molar-refractivity contribution in [1.82, 2.24) is 0 Å². The van der Waals surface area contributed by atoms with Crippen LogP contribution in [0.5, 0.6) is 5.75 Å². The summed E-state index contributed by atoms with van der Waals surface area (Å²) in [6.07, 6.45) is 12.8. The first-order valence-corrected chi connectivity index (χ1v) is 11.8. The molecule has 1 atom stereocenters. The molecular weight excluding hydrogens is 360 g/mol. The molecule has 0 spiro atoms. The first-order chi connectivity index (χ1) is 13.8. The first-order valence-electron chi connectivity index (χ1n) is 11.8. The van der Waals surface area contributed by atoms with E-state index in [0.717, 1.165) is 25.0 Å². The maximum absolute atomic E-state index is 11.9. The summed E-state index contributed by atoms with van der Waals surface area (Å²) in [7, 11) is 0. The fourth-order valence-electron chi connectivity index (χ4n) is 3.70. The normalized spacial score (nSPS) is 12.6. The lowest BCUT2D eigenvalue weighted by Crippen LogP contribution is -2.23. The number of carbonyl (C=O) groups excluding carboxylic acids is 1. The number of unbranched alkanes of at least 4 members (excludes halogenated alkanes) is 5. The van der Waals surface area contributed by atoms with Crippen molar-refractivity contribution in [1.29, 1.82) is 0 Å². The molecule has 0 N–H and O–H groups in total. The summed E-state index contributed by atoms with van der Waals surface area (Å²) in [5, 5.41) is 0. The zero-order valence-corrected chi connectivity index (χ0v) is 19.6. The predicted octanol–water partition coefficient (Wildman–Crippen LogP) is 7.51. The van der Waals surface area contributed by atoms with E-state index >= 15 is 0 Å². The van der Waals surface area contributed by atoms with Gasteiger partial charge in [0, 0.05) is 6.42 Å². The van der Waals surface area contributed by atoms with Gasteiger partial charge in [0.1, 0.15) is 11.4 Å². The van der Waals surface area contributed by atoms with Crippen LogP contribution in [0.15, 0.2) is 24.3 Å². The minimum absolute atomic E-state index is 0.0693. The summed E-state index contributed by atoms with van der Waals surface area (Å²) in [5.74, 6) is 1.57. The highest BCUT2D eigenvalue weighted by molar-refractivity contribution is 5.69. The highest BCUT2D eigenvalue weighted by atomic mass is 16.6. The summed E-state index contributed by atoms with van der Waals surface area (Å²) < 4.78 is 11.0. The summed E-state index contributed by atoms with van der Waals surface area (Å²) in [5.41, 5.74) is 1.00. The molecule has 3 heteroatoms. The van der Waals surface area contributed by atoms with E-state index in [1.807, 2.05) is 27.7 Å². The molecule has 0 aliphatic rings. The molecule has 0 saturated carbocycles. The molecule has 0 aromatic heterocycles. The van der Waals surface area contributed by atoms with E-state index in [2.05, 4.69) is 31.2 Å². The van der Waals surface area contributed by atoms with Gasteiger partial charge in [0.05, 0.1) is 6.61 Å². The lowest BCUT2D eigenvalue weighted by Gasteiger charge is -2.20. The molecule has 1 rings (SSSR count). The van der Waals surface area contributed by atoms with Crippen molar-refractivity contribution < 1.29 is 14.3 Å². The van der Waals surface area contributed by atoms with Crippen LogP contribution in [0.1, 0.15) is 104 Å². The van der Waals surface area contributed by atoms with Crippen LogP contribution in [0.2, 0.25) is 0 Å². The van der Waals surface area contributed by atoms with E-state index in [1.165, 1.54) is 50.5 Å². The lowest BCUT2D eigenvalue weighted by molar-refractivity contribution is -0.154. The maximum Gasteiger partial charge on any atom is 0.306 e. The highest BCUT2D eigenvalue weighted by Crippen LogP contribution is 2.24. The Balaban J connectivity index is 2.46. The molecule has 29 heavy (non-hydrogen) atoms. The number of carbonyl (C=O) groups is 1. The second-order valence-corrected chi connectivity index (χ2v) is 9.18. The zero-order valence-electron chi connectivity index (χ0n) is 19.6. The van der Waals surface area contributed by atoms with Crippen LogP contribution in [-0.2, 0) is 16.0 Å². The Bertz CT molecular complexity index is 542. The second kappa shape index (κ2) is 14.5. The van der Waals surface area contributed by atoms with Crippen molar-refractivity contribution in [3.8, 4) is 5.75 Å². The van der Waals surface area contributed by atoms with E-state index in [9.17, 15) is 4.79 Å². The van der Waals surface area contributed by atoms with Gasteiger partial charge in [0.2, 0.25) is 0 Å². The molecule has 1 aromatic rings. The van der Waals surface area contributed by atoms with Crippen molar-refractivity contribution >= 4 is 5.97 Å². The molecule has 0 radical (unpaired) electrons. The average molecular weight is 405 g/mol. The molecule has 1 aromatic carbocycles.